The molecule has 4 aromatic heterocycles. The van der Waals surface area contributed by atoms with Gasteiger partial charge in [0.25, 0.3) is 0 Å². The van der Waals surface area contributed by atoms with Gasteiger partial charge in [-0.3, -0.25) is 0 Å². The molecular weight excluding hydrogens is 556 g/mol. The van der Waals surface area contributed by atoms with Crippen LogP contribution in [0, 0.1) is 0 Å². The van der Waals surface area contributed by atoms with Crippen LogP contribution >= 0.6 is 15.9 Å². The van der Waals surface area contributed by atoms with Crippen molar-refractivity contribution in [1.82, 2.24) is 45.9 Å². The number of rotatable bonds is 3. The monoisotopic (exact) mass is 590 g/mol. The fourth-order valence-corrected chi connectivity index (χ4v) is 4.28. The van der Waals surface area contributed by atoms with Crippen LogP contribution in [0.15, 0.2) is 78.2 Å². The Labute approximate surface area is 238 Å². The average molecular weight is 592 g/mol. The Hall–Kier alpha value is -3.38. The fraction of sp³-hybridized carbons (Fsp3) is 0.357. The van der Waals surface area contributed by atoms with Gasteiger partial charge in [0, 0.05) is 99.7 Å². The van der Waals surface area contributed by atoms with Gasteiger partial charge in [0.2, 0.25) is 0 Å². The highest BCUT2D eigenvalue weighted by Gasteiger charge is 2.16. The molecule has 2 aliphatic rings. The Balaban J connectivity index is 0.000000152. The summed E-state index contributed by atoms with van der Waals surface area (Å²) in [7, 11) is 0. The van der Waals surface area contributed by atoms with Gasteiger partial charge in [0.15, 0.2) is 11.6 Å². The van der Waals surface area contributed by atoms with Crippen LogP contribution in [0.4, 0.5) is 5.82 Å². The zero-order chi connectivity index (χ0) is 27.3. The van der Waals surface area contributed by atoms with E-state index in [0.717, 1.165) is 66.6 Å². The molecule has 2 saturated heterocycles. The summed E-state index contributed by atoms with van der Waals surface area (Å²) < 4.78 is 0.812. The maximum atomic E-state index is 4.53. The Morgan fingerprint density at radius 1 is 0.718 bits per heavy atom. The minimum atomic E-state index is 0.507. The molecule has 39 heavy (non-hydrogen) atoms. The van der Waals surface area contributed by atoms with E-state index in [0.29, 0.717) is 17.9 Å². The zero-order valence-corrected chi connectivity index (χ0v) is 23.9. The summed E-state index contributed by atoms with van der Waals surface area (Å²) in [6.07, 6.45) is 10.5. The third kappa shape index (κ3) is 9.39. The molecule has 2 aliphatic heterocycles. The zero-order valence-electron chi connectivity index (χ0n) is 22.3. The van der Waals surface area contributed by atoms with Gasteiger partial charge in [0.05, 0.1) is 0 Å². The number of hydrogen-bond donors (Lipinski definition) is 3. The minimum absolute atomic E-state index is 0.507. The average Bonchev–Trinajstić information content (AvgIpc) is 3.00. The molecule has 11 heteroatoms. The molecule has 0 unspecified atom stereocenters. The van der Waals surface area contributed by atoms with Gasteiger partial charge in [-0.05, 0) is 66.2 Å². The topological polar surface area (TPSA) is 117 Å². The highest BCUT2D eigenvalue weighted by Crippen LogP contribution is 2.18. The van der Waals surface area contributed by atoms with Crippen LogP contribution in [0.2, 0.25) is 0 Å². The van der Waals surface area contributed by atoms with Gasteiger partial charge in [-0.15, -0.1) is 0 Å². The van der Waals surface area contributed by atoms with Crippen molar-refractivity contribution in [3.05, 3.63) is 78.2 Å². The highest BCUT2D eigenvalue weighted by atomic mass is 79.9. The number of anilines is 1. The van der Waals surface area contributed by atoms with Crippen molar-refractivity contribution in [2.45, 2.75) is 25.9 Å². The molecule has 0 bridgehead atoms. The molecule has 0 aliphatic carbocycles. The lowest BCUT2D eigenvalue weighted by atomic mass is 10.2. The lowest BCUT2D eigenvalue weighted by Gasteiger charge is -2.32. The van der Waals surface area contributed by atoms with Crippen molar-refractivity contribution < 1.29 is 0 Å². The van der Waals surface area contributed by atoms with Crippen molar-refractivity contribution >= 4 is 21.7 Å². The third-order valence-corrected chi connectivity index (χ3v) is 6.53. The van der Waals surface area contributed by atoms with Gasteiger partial charge in [-0.2, -0.15) is 0 Å². The molecule has 0 amide bonds. The van der Waals surface area contributed by atoms with E-state index in [1.54, 1.807) is 37.1 Å². The van der Waals surface area contributed by atoms with E-state index in [-0.39, 0.29) is 0 Å². The highest BCUT2D eigenvalue weighted by molar-refractivity contribution is 9.10. The summed E-state index contributed by atoms with van der Waals surface area (Å²) >= 11 is 3.27. The number of piperazine rings is 2. The second kappa shape index (κ2) is 15.3. The van der Waals surface area contributed by atoms with E-state index in [9.17, 15) is 0 Å². The van der Waals surface area contributed by atoms with Crippen LogP contribution in [-0.4, -0.2) is 81.3 Å². The van der Waals surface area contributed by atoms with Gasteiger partial charge in [-0.1, -0.05) is 0 Å². The molecule has 0 radical (unpaired) electrons. The van der Waals surface area contributed by atoms with Crippen molar-refractivity contribution in [2.24, 2.45) is 0 Å². The number of aromatic nitrogens is 6. The predicted octanol–water partition coefficient (Wildman–Crippen LogP) is 3.21. The predicted molar refractivity (Wildman–Crippen MR) is 158 cm³/mol. The lowest BCUT2D eigenvalue weighted by molar-refractivity contribution is 0.442. The number of nitrogens with one attached hydrogen (secondary N) is 3. The molecule has 6 rings (SSSR count). The van der Waals surface area contributed by atoms with E-state index < -0.39 is 0 Å². The summed E-state index contributed by atoms with van der Waals surface area (Å²) in [6, 6.07) is 12.6. The molecule has 0 aromatic carbocycles. The Morgan fingerprint density at radius 3 is 1.79 bits per heavy atom. The van der Waals surface area contributed by atoms with Crippen molar-refractivity contribution in [3.63, 3.8) is 0 Å². The number of hydrogen-bond acceptors (Lipinski definition) is 10. The molecule has 4 aromatic rings. The van der Waals surface area contributed by atoms with Gasteiger partial charge >= 0.3 is 0 Å². The van der Waals surface area contributed by atoms with Gasteiger partial charge < -0.3 is 20.9 Å². The lowest BCUT2D eigenvalue weighted by Crippen LogP contribution is -2.49. The van der Waals surface area contributed by atoms with Crippen LogP contribution in [0.5, 0.6) is 0 Å². The first kappa shape index (κ1) is 28.6. The van der Waals surface area contributed by atoms with Crippen LogP contribution in [0.1, 0.15) is 13.8 Å². The number of pyridine rings is 2. The van der Waals surface area contributed by atoms with Gasteiger partial charge in [0.1, 0.15) is 10.4 Å². The van der Waals surface area contributed by atoms with Crippen LogP contribution in [-0.2, 0) is 0 Å². The summed E-state index contributed by atoms with van der Waals surface area (Å²) in [5, 5.41) is 10.0. The van der Waals surface area contributed by atoms with E-state index in [2.05, 4.69) is 80.5 Å². The summed E-state index contributed by atoms with van der Waals surface area (Å²) in [5.41, 5.74) is 1.87. The van der Waals surface area contributed by atoms with Crippen LogP contribution < -0.4 is 20.9 Å². The van der Waals surface area contributed by atoms with E-state index in [1.807, 2.05) is 36.5 Å². The van der Waals surface area contributed by atoms with Crippen molar-refractivity contribution in [2.75, 3.05) is 44.2 Å². The molecule has 0 spiro atoms. The smallest absolute Gasteiger partial charge is 0.160 e. The first-order valence-corrected chi connectivity index (χ1v) is 13.9. The standard InChI is InChI=1S/C14H17N5.C9H6BrN3.C5H12N2/c1-11-10-19(8-7-15-11)13-4-3-12(9-18-13)14-16-5-2-6-17-14;10-8-3-2-7(6-13-8)9-11-4-1-5-12-9;1-5-4-6-2-3-7-5/h2-6,9,11,15H,7-8,10H2,1H3;1-6H;5-7H,2-4H2,1H3/t11-;;5-/m1.1/s1. The second-order valence-corrected chi connectivity index (χ2v) is 10.1. The summed E-state index contributed by atoms with van der Waals surface area (Å²) in [6.45, 7) is 10.8. The second-order valence-electron chi connectivity index (χ2n) is 9.28. The maximum absolute atomic E-state index is 4.53. The molecule has 3 N–H and O–H groups in total. The minimum Gasteiger partial charge on any atom is -0.354 e. The number of halogens is 1. The third-order valence-electron chi connectivity index (χ3n) is 6.06. The SMILES string of the molecule is Brc1ccc(-c2ncccn2)cn1.C[C@@H]1CN(c2ccc(-c3ncccn3)cn2)CCN1.C[C@@H]1CNCCN1. The molecule has 0 saturated carbocycles. The Morgan fingerprint density at radius 2 is 1.33 bits per heavy atom. The van der Waals surface area contributed by atoms with Gasteiger partial charge in [-0.25, -0.2) is 29.9 Å². The molecule has 2 fully saturated rings. The molecule has 2 atom stereocenters. The number of nitrogens with zero attached hydrogens (tertiary/aromatic N) is 7. The Kier molecular flexibility index (Phi) is 11.2. The first-order chi connectivity index (χ1) is 19.1. The summed E-state index contributed by atoms with van der Waals surface area (Å²) in [5.74, 6) is 2.44. The first-order valence-electron chi connectivity index (χ1n) is 13.1. The van der Waals surface area contributed by atoms with E-state index in [1.165, 1.54) is 0 Å². The van der Waals surface area contributed by atoms with Crippen LogP contribution in [0.3, 0.4) is 0 Å². The molecule has 6 heterocycles. The Bertz CT molecular complexity index is 1220. The fourth-order valence-electron chi connectivity index (χ4n) is 4.05. The van der Waals surface area contributed by atoms with E-state index >= 15 is 0 Å². The normalized spacial score (nSPS) is 18.7. The van der Waals surface area contributed by atoms with E-state index in [4.69, 9.17) is 0 Å². The molecular formula is C28H35BrN10. The molecule has 204 valence electrons. The van der Waals surface area contributed by atoms with Crippen molar-refractivity contribution in [3.8, 4) is 22.8 Å². The summed E-state index contributed by atoms with van der Waals surface area (Å²) in [4.78, 5) is 27.6. The molecule has 10 nitrogen and oxygen atoms in total. The largest absolute Gasteiger partial charge is 0.354 e. The quantitative estimate of drug-likeness (QED) is 0.307. The van der Waals surface area contributed by atoms with Crippen molar-refractivity contribution in [1.29, 1.82) is 0 Å². The maximum Gasteiger partial charge on any atom is 0.160 e. The van der Waals surface area contributed by atoms with Crippen LogP contribution in [0.25, 0.3) is 22.8 Å².